The van der Waals surface area contributed by atoms with Crippen molar-refractivity contribution in [1.29, 1.82) is 0 Å². The molecule has 0 aromatic heterocycles. The summed E-state index contributed by atoms with van der Waals surface area (Å²) in [6.45, 7) is 8.83. The molecule has 0 aromatic rings. The Bertz CT molecular complexity index is 260. The molecule has 0 atom stereocenters. The van der Waals surface area contributed by atoms with E-state index in [0.717, 1.165) is 44.9 Å². The van der Waals surface area contributed by atoms with Crippen molar-refractivity contribution in [2.75, 3.05) is 33.4 Å². The maximum atomic E-state index is 11.9. The lowest BCUT2D eigenvalue weighted by Crippen LogP contribution is -2.49. The molecular weight excluding hydrogens is 230 g/mol. The maximum Gasteiger partial charge on any atom is 0.325 e. The second-order valence-electron chi connectivity index (χ2n) is 5.55. The van der Waals surface area contributed by atoms with Gasteiger partial charge in [-0.05, 0) is 59.5 Å². The van der Waals surface area contributed by atoms with Crippen LogP contribution < -0.4 is 0 Å². The van der Waals surface area contributed by atoms with Crippen molar-refractivity contribution >= 4 is 5.97 Å². The quantitative estimate of drug-likeness (QED) is 0.683. The van der Waals surface area contributed by atoms with Crippen LogP contribution in [0.5, 0.6) is 0 Å². The van der Waals surface area contributed by atoms with E-state index in [0.29, 0.717) is 6.61 Å². The van der Waals surface area contributed by atoms with Crippen molar-refractivity contribution < 1.29 is 14.3 Å². The van der Waals surface area contributed by atoms with Gasteiger partial charge < -0.3 is 9.47 Å². The molecule has 0 aliphatic carbocycles. The van der Waals surface area contributed by atoms with Crippen LogP contribution in [0.3, 0.4) is 0 Å². The van der Waals surface area contributed by atoms with Gasteiger partial charge in [-0.1, -0.05) is 0 Å². The van der Waals surface area contributed by atoms with Gasteiger partial charge in [-0.2, -0.15) is 0 Å². The number of nitrogens with zero attached hydrogens (tertiary/aromatic N) is 1. The van der Waals surface area contributed by atoms with Crippen LogP contribution in [0.4, 0.5) is 0 Å². The van der Waals surface area contributed by atoms with E-state index in [2.05, 4.69) is 4.90 Å². The van der Waals surface area contributed by atoms with Gasteiger partial charge in [0.05, 0.1) is 6.61 Å². The summed E-state index contributed by atoms with van der Waals surface area (Å²) >= 11 is 0. The number of carbonyl (C=O) groups excluding carboxylic acids is 1. The van der Waals surface area contributed by atoms with Crippen LogP contribution in [0.15, 0.2) is 0 Å². The monoisotopic (exact) mass is 257 g/mol. The molecule has 1 fully saturated rings. The summed E-state index contributed by atoms with van der Waals surface area (Å²) in [6, 6.07) is 0. The summed E-state index contributed by atoms with van der Waals surface area (Å²) in [6.07, 6.45) is 3.42. The lowest BCUT2D eigenvalue weighted by molar-refractivity contribution is -0.155. The van der Waals surface area contributed by atoms with Crippen molar-refractivity contribution in [2.45, 2.75) is 45.6 Å². The van der Waals surface area contributed by atoms with Gasteiger partial charge in [-0.15, -0.1) is 0 Å². The zero-order valence-corrected chi connectivity index (χ0v) is 12.2. The van der Waals surface area contributed by atoms with Crippen molar-refractivity contribution in [3.8, 4) is 0 Å². The largest absolute Gasteiger partial charge is 0.465 e. The molecule has 106 valence electrons. The van der Waals surface area contributed by atoms with Crippen LogP contribution >= 0.6 is 0 Å². The Kier molecular flexibility index (Phi) is 6.09. The Morgan fingerprint density at radius 3 is 2.56 bits per heavy atom. The van der Waals surface area contributed by atoms with Gasteiger partial charge in [0.25, 0.3) is 0 Å². The van der Waals surface area contributed by atoms with Crippen LogP contribution in [-0.2, 0) is 14.3 Å². The number of hydrogen-bond donors (Lipinski definition) is 0. The van der Waals surface area contributed by atoms with Crippen molar-refractivity contribution in [3.05, 3.63) is 0 Å². The minimum absolute atomic E-state index is 0.139. The van der Waals surface area contributed by atoms with E-state index < -0.39 is 5.54 Å². The Hall–Kier alpha value is -0.610. The van der Waals surface area contributed by atoms with Gasteiger partial charge in [0, 0.05) is 13.2 Å². The Morgan fingerprint density at radius 2 is 2.00 bits per heavy atom. The molecule has 1 saturated heterocycles. The molecule has 0 amide bonds. The molecule has 4 heteroatoms. The van der Waals surface area contributed by atoms with Gasteiger partial charge in [0.1, 0.15) is 5.54 Å². The fourth-order valence-electron chi connectivity index (χ4n) is 2.15. The highest BCUT2D eigenvalue weighted by Gasteiger charge is 2.33. The average Bonchev–Trinajstić information content (AvgIpc) is 2.37. The highest BCUT2D eigenvalue weighted by Crippen LogP contribution is 2.21. The molecule has 0 bridgehead atoms. The molecule has 1 aliphatic rings. The zero-order chi connectivity index (χ0) is 13.6. The zero-order valence-electron chi connectivity index (χ0n) is 12.2. The summed E-state index contributed by atoms with van der Waals surface area (Å²) in [7, 11) is 2.00. The fourth-order valence-corrected chi connectivity index (χ4v) is 2.15. The van der Waals surface area contributed by atoms with Crippen LogP contribution in [0.1, 0.15) is 40.0 Å². The van der Waals surface area contributed by atoms with Crippen molar-refractivity contribution in [1.82, 2.24) is 4.90 Å². The van der Waals surface area contributed by atoms with E-state index in [1.807, 2.05) is 27.8 Å². The standard InChI is InChI=1S/C14H27NO3/c1-5-18-13(16)14(2,3)15(4)9-6-12-7-10-17-11-8-12/h12H,5-11H2,1-4H3. The van der Waals surface area contributed by atoms with E-state index >= 15 is 0 Å². The minimum Gasteiger partial charge on any atom is -0.465 e. The van der Waals surface area contributed by atoms with Gasteiger partial charge in [0.2, 0.25) is 0 Å². The lowest BCUT2D eigenvalue weighted by Gasteiger charge is -2.34. The summed E-state index contributed by atoms with van der Waals surface area (Å²) in [4.78, 5) is 14.0. The van der Waals surface area contributed by atoms with Gasteiger partial charge >= 0.3 is 5.97 Å². The van der Waals surface area contributed by atoms with Gasteiger partial charge in [-0.3, -0.25) is 9.69 Å². The van der Waals surface area contributed by atoms with Gasteiger partial charge in [0.15, 0.2) is 0 Å². The van der Waals surface area contributed by atoms with E-state index in [4.69, 9.17) is 9.47 Å². The maximum absolute atomic E-state index is 11.9. The van der Waals surface area contributed by atoms with Crippen molar-refractivity contribution in [3.63, 3.8) is 0 Å². The molecule has 1 rings (SSSR count). The second-order valence-corrected chi connectivity index (χ2v) is 5.55. The molecule has 1 aliphatic heterocycles. The lowest BCUT2D eigenvalue weighted by atomic mass is 9.95. The first-order chi connectivity index (χ1) is 8.48. The summed E-state index contributed by atoms with van der Waals surface area (Å²) in [5, 5.41) is 0. The van der Waals surface area contributed by atoms with E-state index in [1.165, 1.54) is 0 Å². The van der Waals surface area contributed by atoms with Crippen LogP contribution in [0.25, 0.3) is 0 Å². The Morgan fingerprint density at radius 1 is 1.39 bits per heavy atom. The molecule has 0 aromatic carbocycles. The molecule has 0 N–H and O–H groups in total. The molecule has 0 radical (unpaired) electrons. The number of ether oxygens (including phenoxy) is 2. The van der Waals surface area contributed by atoms with E-state index in [9.17, 15) is 4.79 Å². The first-order valence-electron chi connectivity index (χ1n) is 6.94. The predicted molar refractivity (Wildman–Crippen MR) is 71.5 cm³/mol. The van der Waals surface area contributed by atoms with Crippen LogP contribution in [0, 0.1) is 5.92 Å². The SMILES string of the molecule is CCOC(=O)C(C)(C)N(C)CCC1CCOCC1. The number of rotatable bonds is 6. The second kappa shape index (κ2) is 7.10. The minimum atomic E-state index is -0.540. The normalized spacial score (nSPS) is 18.1. The summed E-state index contributed by atoms with van der Waals surface area (Å²) < 4.78 is 10.5. The summed E-state index contributed by atoms with van der Waals surface area (Å²) in [5.74, 6) is 0.596. The average molecular weight is 257 g/mol. The van der Waals surface area contributed by atoms with Crippen LogP contribution in [-0.4, -0.2) is 49.8 Å². The molecular formula is C14H27NO3. The topological polar surface area (TPSA) is 38.8 Å². The smallest absolute Gasteiger partial charge is 0.325 e. The third kappa shape index (κ3) is 4.25. The first-order valence-corrected chi connectivity index (χ1v) is 6.94. The molecule has 0 saturated carbocycles. The first kappa shape index (κ1) is 15.4. The Labute approximate surface area is 111 Å². The number of hydrogen-bond acceptors (Lipinski definition) is 4. The highest BCUT2D eigenvalue weighted by molar-refractivity contribution is 5.79. The van der Waals surface area contributed by atoms with E-state index in [-0.39, 0.29) is 5.97 Å². The molecule has 0 spiro atoms. The van der Waals surface area contributed by atoms with Crippen molar-refractivity contribution in [2.24, 2.45) is 5.92 Å². The number of esters is 1. The van der Waals surface area contributed by atoms with Gasteiger partial charge in [-0.25, -0.2) is 0 Å². The third-order valence-corrected chi connectivity index (χ3v) is 3.94. The molecule has 1 heterocycles. The third-order valence-electron chi connectivity index (χ3n) is 3.94. The summed E-state index contributed by atoms with van der Waals surface area (Å²) in [5.41, 5.74) is -0.540. The fraction of sp³-hybridized carbons (Fsp3) is 0.929. The number of likely N-dealkylation sites (N-methyl/N-ethyl adjacent to an activating group) is 1. The highest BCUT2D eigenvalue weighted by atomic mass is 16.5. The molecule has 18 heavy (non-hydrogen) atoms. The van der Waals surface area contributed by atoms with Crippen LogP contribution in [0.2, 0.25) is 0 Å². The molecule has 0 unspecified atom stereocenters. The Balaban J connectivity index is 2.37. The molecule has 4 nitrogen and oxygen atoms in total. The number of carbonyl (C=O) groups is 1. The predicted octanol–water partition coefficient (Wildman–Crippen LogP) is 2.08. The van der Waals surface area contributed by atoms with E-state index in [1.54, 1.807) is 0 Å².